The fraction of sp³-hybridized carbons (Fsp3) is 0.385. The van der Waals surface area contributed by atoms with Gasteiger partial charge in [0.15, 0.2) is 0 Å². The number of halogens is 2. The molecule has 1 aromatic carbocycles. The number of carboxylic acid groups (broad SMARTS) is 1. The number of hydrogen-bond donors (Lipinski definition) is 2. The van der Waals surface area contributed by atoms with Crippen LogP contribution >= 0.6 is 0 Å². The first kappa shape index (κ1) is 15.9. The third-order valence-corrected chi connectivity index (χ3v) is 2.66. The first-order chi connectivity index (χ1) is 9.35. The number of benzene rings is 1. The molecule has 0 radical (unpaired) electrons. The van der Waals surface area contributed by atoms with E-state index in [2.05, 4.69) is 10.1 Å². The molecular weight excluding hydrogens is 272 g/mol. The van der Waals surface area contributed by atoms with E-state index in [9.17, 15) is 18.4 Å². The first-order valence-electron chi connectivity index (χ1n) is 5.90. The number of hydrogen-bond acceptors (Lipinski definition) is 4. The lowest BCUT2D eigenvalue weighted by Crippen LogP contribution is -2.18. The number of anilines is 1. The van der Waals surface area contributed by atoms with Crippen molar-refractivity contribution in [2.75, 3.05) is 12.4 Å². The maximum atomic E-state index is 13.6. The van der Waals surface area contributed by atoms with Crippen LogP contribution in [-0.2, 0) is 9.53 Å². The van der Waals surface area contributed by atoms with Crippen LogP contribution in [0.2, 0.25) is 0 Å². The SMILES string of the molecule is COC(=O)c1cc(NC(C)CCC(=O)O)c(F)cc1F. The average molecular weight is 287 g/mol. The lowest BCUT2D eigenvalue weighted by Gasteiger charge is -2.15. The molecule has 1 atom stereocenters. The van der Waals surface area contributed by atoms with Gasteiger partial charge in [-0.15, -0.1) is 0 Å². The number of carbonyl (C=O) groups excluding carboxylic acids is 1. The molecule has 110 valence electrons. The van der Waals surface area contributed by atoms with E-state index < -0.39 is 23.6 Å². The fourth-order valence-corrected chi connectivity index (χ4v) is 1.60. The van der Waals surface area contributed by atoms with Crippen molar-refractivity contribution < 1.29 is 28.2 Å². The van der Waals surface area contributed by atoms with E-state index in [0.29, 0.717) is 6.07 Å². The van der Waals surface area contributed by atoms with Gasteiger partial charge in [-0.2, -0.15) is 0 Å². The van der Waals surface area contributed by atoms with Crippen LogP contribution in [0.15, 0.2) is 12.1 Å². The van der Waals surface area contributed by atoms with E-state index in [1.54, 1.807) is 6.92 Å². The summed E-state index contributed by atoms with van der Waals surface area (Å²) in [6, 6.07) is 1.24. The highest BCUT2D eigenvalue weighted by Gasteiger charge is 2.17. The van der Waals surface area contributed by atoms with Crippen molar-refractivity contribution in [3.63, 3.8) is 0 Å². The Balaban J connectivity index is 2.89. The molecule has 1 aromatic rings. The lowest BCUT2D eigenvalue weighted by molar-refractivity contribution is -0.137. The number of ether oxygens (including phenoxy) is 1. The zero-order chi connectivity index (χ0) is 15.3. The van der Waals surface area contributed by atoms with Crippen LogP contribution in [0.1, 0.15) is 30.1 Å². The molecule has 1 unspecified atom stereocenters. The number of carbonyl (C=O) groups is 2. The highest BCUT2D eigenvalue weighted by molar-refractivity contribution is 5.90. The van der Waals surface area contributed by atoms with E-state index in [0.717, 1.165) is 13.2 Å². The van der Waals surface area contributed by atoms with Crippen LogP contribution in [-0.4, -0.2) is 30.2 Å². The number of carboxylic acids is 1. The molecule has 5 nitrogen and oxygen atoms in total. The minimum absolute atomic E-state index is 0.0790. The van der Waals surface area contributed by atoms with Crippen molar-refractivity contribution in [1.82, 2.24) is 0 Å². The Morgan fingerprint density at radius 1 is 1.35 bits per heavy atom. The standard InChI is InChI=1S/C13H15F2NO4/c1-7(3-4-12(17)18)16-11-5-8(13(19)20-2)9(14)6-10(11)15/h5-7,16H,3-4H2,1-2H3,(H,17,18). The molecule has 1 rings (SSSR count). The molecule has 0 spiro atoms. The van der Waals surface area contributed by atoms with Gasteiger partial charge in [-0.05, 0) is 19.4 Å². The molecule has 0 aliphatic carbocycles. The lowest BCUT2D eigenvalue weighted by atomic mass is 10.1. The Hall–Kier alpha value is -2.18. The molecule has 0 amide bonds. The molecule has 0 aromatic heterocycles. The van der Waals surface area contributed by atoms with Crippen molar-refractivity contribution in [2.24, 2.45) is 0 Å². The zero-order valence-corrected chi connectivity index (χ0v) is 11.1. The minimum atomic E-state index is -1.02. The third kappa shape index (κ3) is 4.18. The molecule has 20 heavy (non-hydrogen) atoms. The number of aliphatic carboxylic acids is 1. The highest BCUT2D eigenvalue weighted by Crippen LogP contribution is 2.21. The molecule has 0 saturated carbocycles. The van der Waals surface area contributed by atoms with Crippen molar-refractivity contribution >= 4 is 17.6 Å². The molecule has 0 heterocycles. The molecule has 0 saturated heterocycles. The first-order valence-corrected chi connectivity index (χ1v) is 5.90. The normalized spacial score (nSPS) is 11.8. The Bertz CT molecular complexity index is 519. The van der Waals surface area contributed by atoms with E-state index in [1.165, 1.54) is 0 Å². The predicted octanol–water partition coefficient (Wildman–Crippen LogP) is 2.42. The van der Waals surface area contributed by atoms with Crippen LogP contribution in [0, 0.1) is 11.6 Å². The van der Waals surface area contributed by atoms with Crippen molar-refractivity contribution in [1.29, 1.82) is 0 Å². The topological polar surface area (TPSA) is 75.6 Å². The molecule has 0 bridgehead atoms. The number of esters is 1. The van der Waals surface area contributed by atoms with Crippen molar-refractivity contribution in [3.05, 3.63) is 29.3 Å². The zero-order valence-electron chi connectivity index (χ0n) is 11.1. The second-order valence-corrected chi connectivity index (χ2v) is 4.28. The molecule has 7 heteroatoms. The summed E-state index contributed by atoms with van der Waals surface area (Å²) in [5.74, 6) is -3.76. The van der Waals surface area contributed by atoms with Crippen LogP contribution in [0.3, 0.4) is 0 Å². The van der Waals surface area contributed by atoms with Gasteiger partial charge in [0.2, 0.25) is 0 Å². The van der Waals surface area contributed by atoms with Gasteiger partial charge >= 0.3 is 11.9 Å². The van der Waals surface area contributed by atoms with Gasteiger partial charge in [-0.1, -0.05) is 0 Å². The molecule has 0 fully saturated rings. The van der Waals surface area contributed by atoms with E-state index in [1.807, 2.05) is 0 Å². The summed E-state index contributed by atoms with van der Waals surface area (Å²) in [7, 11) is 1.09. The summed E-state index contributed by atoms with van der Waals surface area (Å²) in [4.78, 5) is 21.7. The second-order valence-electron chi connectivity index (χ2n) is 4.28. The minimum Gasteiger partial charge on any atom is -0.481 e. The van der Waals surface area contributed by atoms with E-state index in [-0.39, 0.29) is 30.1 Å². The van der Waals surface area contributed by atoms with Gasteiger partial charge in [0, 0.05) is 18.5 Å². The molecule has 0 aliphatic rings. The summed E-state index contributed by atoms with van der Waals surface area (Å²) in [5, 5.41) is 11.3. The average Bonchev–Trinajstić information content (AvgIpc) is 2.38. The fourth-order valence-electron chi connectivity index (χ4n) is 1.60. The van der Waals surface area contributed by atoms with E-state index in [4.69, 9.17) is 5.11 Å². The Kier molecular flexibility index (Phi) is 5.42. The summed E-state index contributed by atoms with van der Waals surface area (Å²) in [5.41, 5.74) is -0.466. The van der Waals surface area contributed by atoms with Crippen LogP contribution < -0.4 is 5.32 Å². The van der Waals surface area contributed by atoms with Gasteiger partial charge in [0.05, 0.1) is 18.4 Å². The van der Waals surface area contributed by atoms with Crippen molar-refractivity contribution in [2.45, 2.75) is 25.8 Å². The number of methoxy groups -OCH3 is 1. The Morgan fingerprint density at radius 2 is 2.00 bits per heavy atom. The Morgan fingerprint density at radius 3 is 2.55 bits per heavy atom. The second kappa shape index (κ2) is 6.83. The smallest absolute Gasteiger partial charge is 0.340 e. The van der Waals surface area contributed by atoms with Crippen LogP contribution in [0.25, 0.3) is 0 Å². The predicted molar refractivity (Wildman–Crippen MR) is 67.7 cm³/mol. The van der Waals surface area contributed by atoms with Gasteiger partial charge < -0.3 is 15.2 Å². The highest BCUT2D eigenvalue weighted by atomic mass is 19.1. The van der Waals surface area contributed by atoms with Gasteiger partial charge in [-0.3, -0.25) is 4.79 Å². The van der Waals surface area contributed by atoms with Crippen LogP contribution in [0.4, 0.5) is 14.5 Å². The van der Waals surface area contributed by atoms with Crippen molar-refractivity contribution in [3.8, 4) is 0 Å². The number of rotatable bonds is 6. The van der Waals surface area contributed by atoms with E-state index >= 15 is 0 Å². The van der Waals surface area contributed by atoms with Gasteiger partial charge in [0.25, 0.3) is 0 Å². The monoisotopic (exact) mass is 287 g/mol. The Labute approximate surface area is 114 Å². The van der Waals surface area contributed by atoms with Crippen LogP contribution in [0.5, 0.6) is 0 Å². The van der Waals surface area contributed by atoms with Gasteiger partial charge in [0.1, 0.15) is 11.6 Å². The van der Waals surface area contributed by atoms with Gasteiger partial charge in [-0.25, -0.2) is 13.6 Å². The quantitative estimate of drug-likeness (QED) is 0.786. The summed E-state index contributed by atoms with van der Waals surface area (Å²) < 4.78 is 31.4. The number of nitrogens with one attached hydrogen (secondary N) is 1. The summed E-state index contributed by atoms with van der Waals surface area (Å²) in [6.45, 7) is 1.66. The summed E-state index contributed by atoms with van der Waals surface area (Å²) >= 11 is 0. The molecule has 2 N–H and O–H groups in total. The molecule has 0 aliphatic heterocycles. The summed E-state index contributed by atoms with van der Waals surface area (Å²) in [6.07, 6.45) is 0.181. The maximum Gasteiger partial charge on any atom is 0.340 e. The molecular formula is C13H15F2NO4. The third-order valence-electron chi connectivity index (χ3n) is 2.66. The maximum absolute atomic E-state index is 13.6. The largest absolute Gasteiger partial charge is 0.481 e.